The van der Waals surface area contributed by atoms with E-state index in [4.69, 9.17) is 4.74 Å². The second-order valence-corrected chi connectivity index (χ2v) is 13.2. The number of benzene rings is 3. The lowest BCUT2D eigenvalue weighted by Crippen LogP contribution is -2.40. The Morgan fingerprint density at radius 3 is 2.44 bits per heavy atom. The molecule has 5 atom stereocenters. The molecular formula is C31H33N3O4S. The van der Waals surface area contributed by atoms with Crippen LogP contribution in [0, 0.1) is 17.8 Å². The Morgan fingerprint density at radius 1 is 0.923 bits per heavy atom. The van der Waals surface area contributed by atoms with Crippen LogP contribution >= 0.6 is 0 Å². The molecular weight excluding hydrogens is 510 g/mol. The van der Waals surface area contributed by atoms with E-state index >= 15 is 0 Å². The average molecular weight is 544 g/mol. The van der Waals surface area contributed by atoms with Crippen molar-refractivity contribution >= 4 is 27.3 Å². The fraction of sp³-hybridized carbons (Fsp3) is 0.387. The van der Waals surface area contributed by atoms with Crippen molar-refractivity contribution in [3.8, 4) is 0 Å². The van der Waals surface area contributed by atoms with E-state index in [1.807, 2.05) is 6.07 Å². The van der Waals surface area contributed by atoms with Gasteiger partial charge in [0.15, 0.2) is 0 Å². The van der Waals surface area contributed by atoms with Crippen molar-refractivity contribution in [3.05, 3.63) is 89.5 Å². The molecule has 2 bridgehead atoms. The predicted molar refractivity (Wildman–Crippen MR) is 150 cm³/mol. The standard InChI is InChI=1S/C31H33N3O4S/c35-31(32-24-9-11-25(12-10-24)39(36,37)34-14-16-38-17-15-34)23-8-13-27-26(19-23)28-21-6-7-22(18-21)29(28)30(33-27)20-4-2-1-3-5-20/h1-5,8-13,19,21-22,28-30,33H,6-7,14-18H2,(H,32,35)/t21-,22-,28-,29+,30+/m0/s1. The van der Waals surface area contributed by atoms with Gasteiger partial charge in [-0.2, -0.15) is 4.31 Å². The Morgan fingerprint density at radius 2 is 1.67 bits per heavy atom. The first kappa shape index (κ1) is 24.8. The number of amides is 1. The molecule has 2 aliphatic heterocycles. The van der Waals surface area contributed by atoms with Gasteiger partial charge >= 0.3 is 0 Å². The molecule has 3 aromatic carbocycles. The van der Waals surface area contributed by atoms with Gasteiger partial charge in [-0.3, -0.25) is 4.79 Å². The van der Waals surface area contributed by atoms with Gasteiger partial charge in [-0.1, -0.05) is 30.3 Å². The molecule has 7 nitrogen and oxygen atoms in total. The van der Waals surface area contributed by atoms with Crippen LogP contribution in [0.2, 0.25) is 0 Å². The summed E-state index contributed by atoms with van der Waals surface area (Å²) in [6, 6.07) is 23.5. The molecule has 3 fully saturated rings. The maximum Gasteiger partial charge on any atom is 0.255 e. The van der Waals surface area contributed by atoms with Crippen LogP contribution in [0.5, 0.6) is 0 Å². The van der Waals surface area contributed by atoms with E-state index in [-0.39, 0.29) is 10.8 Å². The Bertz CT molecular complexity index is 1490. The number of carbonyl (C=O) groups is 1. The van der Waals surface area contributed by atoms with Gasteiger partial charge < -0.3 is 15.4 Å². The second-order valence-electron chi connectivity index (χ2n) is 11.3. The van der Waals surface area contributed by atoms with Crippen molar-refractivity contribution in [1.82, 2.24) is 4.31 Å². The van der Waals surface area contributed by atoms with Gasteiger partial charge in [0, 0.05) is 30.0 Å². The molecule has 39 heavy (non-hydrogen) atoms. The summed E-state index contributed by atoms with van der Waals surface area (Å²) >= 11 is 0. The minimum Gasteiger partial charge on any atom is -0.379 e. The van der Waals surface area contributed by atoms with Gasteiger partial charge in [-0.15, -0.1) is 0 Å². The lowest BCUT2D eigenvalue weighted by atomic mass is 9.68. The van der Waals surface area contributed by atoms with E-state index in [1.54, 1.807) is 24.3 Å². The number of sulfonamides is 1. The first-order valence-corrected chi connectivity index (χ1v) is 15.4. The van der Waals surface area contributed by atoms with Gasteiger partial charge in [0.1, 0.15) is 0 Å². The summed E-state index contributed by atoms with van der Waals surface area (Å²) in [5, 5.41) is 6.80. The van der Waals surface area contributed by atoms with Crippen molar-refractivity contribution in [2.45, 2.75) is 36.1 Å². The first-order valence-electron chi connectivity index (χ1n) is 13.9. The van der Waals surface area contributed by atoms with Crippen molar-refractivity contribution in [2.75, 3.05) is 36.9 Å². The molecule has 1 amide bonds. The van der Waals surface area contributed by atoms with Gasteiger partial charge in [-0.05, 0) is 96.5 Å². The summed E-state index contributed by atoms with van der Waals surface area (Å²) in [6.07, 6.45) is 3.84. The Labute approximate surface area is 229 Å². The monoisotopic (exact) mass is 543 g/mol. The van der Waals surface area contributed by atoms with E-state index < -0.39 is 10.0 Å². The summed E-state index contributed by atoms with van der Waals surface area (Å²) in [6.45, 7) is 1.51. The topological polar surface area (TPSA) is 87.7 Å². The number of nitrogens with zero attached hydrogens (tertiary/aromatic N) is 1. The van der Waals surface area contributed by atoms with Crippen molar-refractivity contribution in [1.29, 1.82) is 0 Å². The second kappa shape index (κ2) is 9.77. The molecule has 0 spiro atoms. The molecule has 2 saturated carbocycles. The highest BCUT2D eigenvalue weighted by atomic mass is 32.2. The van der Waals surface area contributed by atoms with E-state index in [2.05, 4.69) is 53.1 Å². The number of rotatable bonds is 5. The smallest absolute Gasteiger partial charge is 0.255 e. The minimum absolute atomic E-state index is 0.188. The third-order valence-electron chi connectivity index (χ3n) is 9.23. The Hall–Kier alpha value is -3.20. The summed E-state index contributed by atoms with van der Waals surface area (Å²) in [5.74, 6) is 2.20. The van der Waals surface area contributed by atoms with E-state index in [1.165, 1.54) is 34.7 Å². The molecule has 4 aliphatic rings. The van der Waals surface area contributed by atoms with Crippen LogP contribution in [0.3, 0.4) is 0 Å². The molecule has 202 valence electrons. The molecule has 2 heterocycles. The van der Waals surface area contributed by atoms with Crippen molar-refractivity contribution in [2.24, 2.45) is 17.8 Å². The minimum atomic E-state index is -3.57. The summed E-state index contributed by atoms with van der Waals surface area (Å²) < 4.78 is 32.5. The lowest BCUT2D eigenvalue weighted by molar-refractivity contribution is 0.0730. The zero-order valence-electron chi connectivity index (χ0n) is 21.8. The lowest BCUT2D eigenvalue weighted by Gasteiger charge is -2.43. The average Bonchev–Trinajstić information content (AvgIpc) is 3.61. The fourth-order valence-corrected chi connectivity index (χ4v) is 8.88. The maximum absolute atomic E-state index is 13.3. The molecule has 8 heteroatoms. The molecule has 2 aliphatic carbocycles. The van der Waals surface area contributed by atoms with Gasteiger partial charge in [0.05, 0.1) is 24.2 Å². The quantitative estimate of drug-likeness (QED) is 0.459. The van der Waals surface area contributed by atoms with Crippen molar-refractivity contribution < 1.29 is 17.9 Å². The zero-order chi connectivity index (χ0) is 26.6. The molecule has 7 rings (SSSR count). The summed E-state index contributed by atoms with van der Waals surface area (Å²) in [7, 11) is -3.57. The zero-order valence-corrected chi connectivity index (χ0v) is 22.6. The number of anilines is 2. The van der Waals surface area contributed by atoms with Crippen LogP contribution < -0.4 is 10.6 Å². The maximum atomic E-state index is 13.3. The van der Waals surface area contributed by atoms with Crippen LogP contribution in [0.15, 0.2) is 77.7 Å². The largest absolute Gasteiger partial charge is 0.379 e. The highest BCUT2D eigenvalue weighted by Gasteiger charge is 2.53. The van der Waals surface area contributed by atoms with E-state index in [0.29, 0.717) is 61.3 Å². The molecule has 0 aromatic heterocycles. The highest BCUT2D eigenvalue weighted by Crippen LogP contribution is 2.63. The summed E-state index contributed by atoms with van der Waals surface area (Å²) in [4.78, 5) is 13.5. The SMILES string of the molecule is O=C(Nc1ccc(S(=O)(=O)N2CCOCC2)cc1)c1ccc2c(c1)[C@@H]1[C@H]3CC[C@@H](C3)[C@H]1[C@@H](c1ccccc1)N2. The van der Waals surface area contributed by atoms with E-state index in [9.17, 15) is 13.2 Å². The number of ether oxygens (including phenoxy) is 1. The predicted octanol–water partition coefficient (Wildman–Crippen LogP) is 5.26. The number of hydrogen-bond acceptors (Lipinski definition) is 5. The number of morpholine rings is 1. The Balaban J connectivity index is 1.12. The number of fused-ring (bicyclic) bond motifs is 7. The molecule has 3 aromatic rings. The van der Waals surface area contributed by atoms with Gasteiger partial charge in [0.2, 0.25) is 10.0 Å². The highest BCUT2D eigenvalue weighted by molar-refractivity contribution is 7.89. The first-order chi connectivity index (χ1) is 19.0. The van der Waals surface area contributed by atoms with Crippen LogP contribution in [-0.4, -0.2) is 44.9 Å². The van der Waals surface area contributed by atoms with Crippen molar-refractivity contribution in [3.63, 3.8) is 0 Å². The van der Waals surface area contributed by atoms with Crippen LogP contribution in [0.4, 0.5) is 11.4 Å². The van der Waals surface area contributed by atoms with Crippen LogP contribution in [0.25, 0.3) is 0 Å². The molecule has 2 N–H and O–H groups in total. The third-order valence-corrected chi connectivity index (χ3v) is 11.1. The molecule has 0 unspecified atom stereocenters. The third kappa shape index (κ3) is 4.35. The fourth-order valence-electron chi connectivity index (χ4n) is 7.47. The van der Waals surface area contributed by atoms with Gasteiger partial charge in [0.25, 0.3) is 5.91 Å². The van der Waals surface area contributed by atoms with Crippen LogP contribution in [-0.2, 0) is 14.8 Å². The number of carbonyl (C=O) groups excluding carboxylic acids is 1. The summed E-state index contributed by atoms with van der Waals surface area (Å²) in [5.41, 5.74) is 4.93. The van der Waals surface area contributed by atoms with Gasteiger partial charge in [-0.25, -0.2) is 8.42 Å². The molecule has 0 radical (unpaired) electrons. The normalized spacial score (nSPS) is 27.8. The Kier molecular flexibility index (Phi) is 6.21. The van der Waals surface area contributed by atoms with E-state index in [0.717, 1.165) is 11.6 Å². The number of nitrogens with one attached hydrogen (secondary N) is 2. The number of hydrogen-bond donors (Lipinski definition) is 2. The van der Waals surface area contributed by atoms with Crippen LogP contribution in [0.1, 0.15) is 52.7 Å². The molecule has 1 saturated heterocycles.